The number of thioether (sulfide) groups is 1. The average molecular weight is 632 g/mol. The highest BCUT2D eigenvalue weighted by Gasteiger charge is 2.48. The van der Waals surface area contributed by atoms with Crippen LogP contribution in [0.2, 0.25) is 0 Å². The van der Waals surface area contributed by atoms with Crippen LogP contribution in [0.4, 0.5) is 9.52 Å². The normalized spacial score (nSPS) is 18.8. The van der Waals surface area contributed by atoms with E-state index in [9.17, 15) is 19.1 Å². The number of Topliss-reactive ketones (excluding diaryl/α,β-unsaturated/α-hetero) is 1. The summed E-state index contributed by atoms with van der Waals surface area (Å²) in [5.41, 5.74) is 2.37. The predicted molar refractivity (Wildman–Crippen MR) is 168 cm³/mol. The number of amides is 1. The Labute approximate surface area is 262 Å². The molecular formula is C33H30FN3O5S2. The number of anilines is 1. The van der Waals surface area contributed by atoms with Gasteiger partial charge in [-0.2, -0.15) is 0 Å². The number of carbonyl (C=O) groups is 2. The van der Waals surface area contributed by atoms with E-state index in [4.69, 9.17) is 9.47 Å². The molecule has 1 fully saturated rings. The van der Waals surface area contributed by atoms with E-state index in [1.54, 1.807) is 54.6 Å². The number of benzene rings is 3. The minimum atomic E-state index is -0.981. The number of aliphatic hydroxyl groups is 1. The molecule has 3 aromatic carbocycles. The summed E-state index contributed by atoms with van der Waals surface area (Å²) in [6, 6.07) is 17.9. The highest BCUT2D eigenvalue weighted by Crippen LogP contribution is 2.45. The zero-order valence-corrected chi connectivity index (χ0v) is 25.8. The van der Waals surface area contributed by atoms with Crippen LogP contribution < -0.4 is 14.4 Å². The summed E-state index contributed by atoms with van der Waals surface area (Å²) in [5, 5.41) is 20.3. The van der Waals surface area contributed by atoms with E-state index in [1.165, 1.54) is 22.7 Å². The smallest absolute Gasteiger partial charge is 0.301 e. The Bertz CT molecular complexity index is 1760. The van der Waals surface area contributed by atoms with Gasteiger partial charge in [0.15, 0.2) is 4.34 Å². The number of aromatic nitrogens is 2. The van der Waals surface area contributed by atoms with E-state index < -0.39 is 17.7 Å². The Hall–Kier alpha value is -4.22. The predicted octanol–water partition coefficient (Wildman–Crippen LogP) is 7.10. The number of ketones is 1. The van der Waals surface area contributed by atoms with E-state index in [1.807, 2.05) is 13.0 Å². The first-order valence-electron chi connectivity index (χ1n) is 14.4. The third kappa shape index (κ3) is 5.94. The SMILES string of the molecule is CCCCOc1cccc(C2/C(=C(/O)c3ccc4c(c3)CC(C)O4)C(=O)C(=O)N2c2nnc(SCc3ccccc3F)s2)c1. The van der Waals surface area contributed by atoms with Gasteiger partial charge in [0.2, 0.25) is 5.13 Å². The number of rotatable bonds is 10. The Morgan fingerprint density at radius 2 is 1.98 bits per heavy atom. The van der Waals surface area contributed by atoms with Crippen LogP contribution in [-0.4, -0.2) is 39.7 Å². The lowest BCUT2D eigenvalue weighted by Gasteiger charge is -2.23. The summed E-state index contributed by atoms with van der Waals surface area (Å²) in [7, 11) is 0. The molecule has 226 valence electrons. The van der Waals surface area contributed by atoms with Crippen molar-refractivity contribution < 1.29 is 28.6 Å². The summed E-state index contributed by atoms with van der Waals surface area (Å²) in [5.74, 6) is -0.611. The largest absolute Gasteiger partial charge is 0.507 e. The summed E-state index contributed by atoms with van der Waals surface area (Å²) in [6.07, 6.45) is 2.52. The maximum absolute atomic E-state index is 14.2. The van der Waals surface area contributed by atoms with Crippen LogP contribution in [0.15, 0.2) is 76.6 Å². The van der Waals surface area contributed by atoms with Crippen molar-refractivity contribution in [3.63, 3.8) is 0 Å². The molecule has 2 atom stereocenters. The molecule has 1 aromatic heterocycles. The van der Waals surface area contributed by atoms with Crippen LogP contribution in [-0.2, 0) is 21.8 Å². The number of ether oxygens (including phenoxy) is 2. The number of carbonyl (C=O) groups excluding carboxylic acids is 2. The second-order valence-electron chi connectivity index (χ2n) is 10.6. The van der Waals surface area contributed by atoms with Gasteiger partial charge in [-0.15, -0.1) is 10.2 Å². The van der Waals surface area contributed by atoms with Gasteiger partial charge in [0.05, 0.1) is 18.2 Å². The van der Waals surface area contributed by atoms with Crippen molar-refractivity contribution in [1.82, 2.24) is 10.2 Å². The molecule has 3 heterocycles. The van der Waals surface area contributed by atoms with Gasteiger partial charge in [0.1, 0.15) is 29.2 Å². The molecule has 0 aliphatic carbocycles. The van der Waals surface area contributed by atoms with Gasteiger partial charge in [-0.05, 0) is 66.4 Å². The minimum absolute atomic E-state index is 0.00581. The molecular weight excluding hydrogens is 602 g/mol. The van der Waals surface area contributed by atoms with Crippen molar-refractivity contribution in [2.45, 2.75) is 55.3 Å². The van der Waals surface area contributed by atoms with Crippen molar-refractivity contribution in [3.05, 3.63) is 100 Å². The number of hydrogen-bond donors (Lipinski definition) is 1. The summed E-state index contributed by atoms with van der Waals surface area (Å²) in [4.78, 5) is 28.6. The molecule has 0 radical (unpaired) electrons. The van der Waals surface area contributed by atoms with Gasteiger partial charge in [-0.3, -0.25) is 14.5 Å². The van der Waals surface area contributed by atoms with Crippen molar-refractivity contribution in [3.8, 4) is 11.5 Å². The monoisotopic (exact) mass is 631 g/mol. The van der Waals surface area contributed by atoms with Crippen LogP contribution in [0.25, 0.3) is 5.76 Å². The molecule has 44 heavy (non-hydrogen) atoms. The Morgan fingerprint density at radius 3 is 2.80 bits per heavy atom. The van der Waals surface area contributed by atoms with Gasteiger partial charge in [-0.25, -0.2) is 4.39 Å². The first-order chi connectivity index (χ1) is 21.3. The lowest BCUT2D eigenvalue weighted by Crippen LogP contribution is -2.29. The summed E-state index contributed by atoms with van der Waals surface area (Å²) < 4.78 is 26.4. The van der Waals surface area contributed by atoms with Crippen LogP contribution in [0.1, 0.15) is 55.0 Å². The number of aliphatic hydroxyl groups excluding tert-OH is 1. The third-order valence-corrected chi connectivity index (χ3v) is 9.57. The Kier molecular flexibility index (Phi) is 8.67. The molecule has 2 unspecified atom stereocenters. The van der Waals surface area contributed by atoms with E-state index in [-0.39, 0.29) is 28.4 Å². The zero-order valence-electron chi connectivity index (χ0n) is 24.2. The number of nitrogens with zero attached hydrogens (tertiary/aromatic N) is 3. The van der Waals surface area contributed by atoms with Crippen molar-refractivity contribution in [2.24, 2.45) is 0 Å². The first kappa shape index (κ1) is 29.8. The average Bonchev–Trinajstić information content (AvgIpc) is 3.71. The molecule has 6 rings (SSSR count). The molecule has 8 nitrogen and oxygen atoms in total. The fourth-order valence-electron chi connectivity index (χ4n) is 5.29. The first-order valence-corrected chi connectivity index (χ1v) is 16.2. The molecule has 2 aliphatic heterocycles. The molecule has 1 N–H and O–H groups in total. The van der Waals surface area contributed by atoms with Crippen molar-refractivity contribution in [2.75, 3.05) is 11.5 Å². The van der Waals surface area contributed by atoms with Gasteiger partial charge < -0.3 is 14.6 Å². The summed E-state index contributed by atoms with van der Waals surface area (Å²) in [6.45, 7) is 4.56. The van der Waals surface area contributed by atoms with Crippen LogP contribution >= 0.6 is 23.1 Å². The lowest BCUT2D eigenvalue weighted by atomic mass is 9.94. The summed E-state index contributed by atoms with van der Waals surface area (Å²) >= 11 is 2.41. The highest BCUT2D eigenvalue weighted by atomic mass is 32.2. The molecule has 1 saturated heterocycles. The minimum Gasteiger partial charge on any atom is -0.507 e. The quantitative estimate of drug-likeness (QED) is 0.0494. The van der Waals surface area contributed by atoms with Gasteiger partial charge in [0, 0.05) is 17.7 Å². The third-order valence-electron chi connectivity index (χ3n) is 7.47. The van der Waals surface area contributed by atoms with E-state index >= 15 is 0 Å². The number of fused-ring (bicyclic) bond motifs is 1. The van der Waals surface area contributed by atoms with E-state index in [0.717, 1.165) is 35.5 Å². The molecule has 0 saturated carbocycles. The van der Waals surface area contributed by atoms with Crippen molar-refractivity contribution >= 4 is 45.7 Å². The fraction of sp³-hybridized carbons (Fsp3) is 0.273. The van der Waals surface area contributed by atoms with Gasteiger partial charge >= 0.3 is 5.91 Å². The number of hydrogen-bond acceptors (Lipinski definition) is 9. The maximum atomic E-state index is 14.2. The molecule has 11 heteroatoms. The molecule has 4 aromatic rings. The lowest BCUT2D eigenvalue weighted by molar-refractivity contribution is -0.132. The topological polar surface area (TPSA) is 102 Å². The Morgan fingerprint density at radius 1 is 1.14 bits per heavy atom. The molecule has 0 bridgehead atoms. The maximum Gasteiger partial charge on any atom is 0.301 e. The van der Waals surface area contributed by atoms with E-state index in [0.29, 0.717) is 45.6 Å². The van der Waals surface area contributed by atoms with Crippen LogP contribution in [0, 0.1) is 5.82 Å². The second-order valence-corrected chi connectivity index (χ2v) is 12.8. The number of halogens is 1. The molecule has 0 spiro atoms. The zero-order chi connectivity index (χ0) is 30.8. The molecule has 1 amide bonds. The van der Waals surface area contributed by atoms with Crippen LogP contribution in [0.3, 0.4) is 0 Å². The standard InChI is InChI=1S/C33H30FN3O5S2/c1-3-4-14-41-24-10-7-9-20(17-24)28-27(29(38)21-12-13-26-23(16-21)15-19(2)42-26)30(39)31(40)37(28)32-35-36-33(44-32)43-18-22-8-5-6-11-25(22)34/h5-13,16-17,19,28,38H,3-4,14-15,18H2,1-2H3/b29-27-. The van der Waals surface area contributed by atoms with E-state index in [2.05, 4.69) is 17.1 Å². The van der Waals surface area contributed by atoms with Gasteiger partial charge in [0.25, 0.3) is 5.78 Å². The highest BCUT2D eigenvalue weighted by molar-refractivity contribution is 8.00. The van der Waals surface area contributed by atoms with Crippen LogP contribution in [0.5, 0.6) is 11.5 Å². The Balaban J connectivity index is 1.39. The number of unbranched alkanes of at least 4 members (excludes halogenated alkanes) is 1. The van der Waals surface area contributed by atoms with Crippen molar-refractivity contribution in [1.29, 1.82) is 0 Å². The van der Waals surface area contributed by atoms with Gasteiger partial charge in [-0.1, -0.05) is 66.8 Å². The fourth-order valence-corrected chi connectivity index (χ4v) is 7.15. The molecule has 2 aliphatic rings. The second kappa shape index (κ2) is 12.8.